The minimum absolute atomic E-state index is 0.106. The van der Waals surface area contributed by atoms with Crippen LogP contribution in [0.2, 0.25) is 0 Å². The number of nitrogens with zero attached hydrogens (tertiary/aromatic N) is 2. The second kappa shape index (κ2) is 4.66. The summed E-state index contributed by atoms with van der Waals surface area (Å²) in [6.45, 7) is 6.12. The predicted molar refractivity (Wildman–Crippen MR) is 74.7 cm³/mol. The molecule has 2 aromatic heterocycles. The molecule has 2 heterocycles. The van der Waals surface area contributed by atoms with E-state index in [-0.39, 0.29) is 5.56 Å². The summed E-state index contributed by atoms with van der Waals surface area (Å²) < 4.78 is 1.47. The molecule has 2 rings (SSSR count). The van der Waals surface area contributed by atoms with Crippen LogP contribution in [0.15, 0.2) is 28.4 Å². The smallest absolute Gasteiger partial charge is 0.271 e. The number of hydrogen-bond donors (Lipinski definition) is 1. The molecular weight excluding hydrogens is 246 g/mol. The van der Waals surface area contributed by atoms with Crippen molar-refractivity contribution in [2.24, 2.45) is 5.73 Å². The van der Waals surface area contributed by atoms with Crippen LogP contribution in [0.25, 0.3) is 10.6 Å². The average Bonchev–Trinajstić information content (AvgIpc) is 2.81. The van der Waals surface area contributed by atoms with Crippen molar-refractivity contribution < 1.29 is 0 Å². The van der Waals surface area contributed by atoms with E-state index in [0.717, 1.165) is 10.6 Å². The van der Waals surface area contributed by atoms with Crippen LogP contribution in [0, 0.1) is 0 Å². The zero-order valence-corrected chi connectivity index (χ0v) is 11.6. The largest absolute Gasteiger partial charge is 0.322 e. The highest BCUT2D eigenvalue weighted by atomic mass is 32.1. The summed E-state index contributed by atoms with van der Waals surface area (Å²) in [5.74, 6) is 0. The lowest BCUT2D eigenvalue weighted by molar-refractivity contribution is 0.519. The van der Waals surface area contributed by atoms with Crippen LogP contribution in [-0.2, 0) is 12.1 Å². The molecule has 96 valence electrons. The highest BCUT2D eigenvalue weighted by molar-refractivity contribution is 7.13. The molecule has 0 spiro atoms. The van der Waals surface area contributed by atoms with Crippen molar-refractivity contribution in [2.45, 2.75) is 32.9 Å². The van der Waals surface area contributed by atoms with E-state index in [0.29, 0.717) is 12.1 Å². The molecule has 0 radical (unpaired) electrons. The molecule has 4 nitrogen and oxygen atoms in total. The van der Waals surface area contributed by atoms with Crippen molar-refractivity contribution in [2.75, 3.05) is 0 Å². The van der Waals surface area contributed by atoms with Gasteiger partial charge in [0.2, 0.25) is 0 Å². The lowest BCUT2D eigenvalue weighted by atomic mass is 9.96. The van der Waals surface area contributed by atoms with E-state index in [1.807, 2.05) is 38.3 Å². The van der Waals surface area contributed by atoms with Crippen LogP contribution in [-0.4, -0.2) is 9.78 Å². The third-order valence-corrected chi connectivity index (χ3v) is 3.63. The minimum atomic E-state index is -0.664. The Kier molecular flexibility index (Phi) is 3.36. The van der Waals surface area contributed by atoms with Crippen molar-refractivity contribution in [1.82, 2.24) is 9.78 Å². The van der Waals surface area contributed by atoms with Crippen LogP contribution in [0.1, 0.15) is 26.3 Å². The van der Waals surface area contributed by atoms with E-state index < -0.39 is 5.54 Å². The molecule has 0 aromatic carbocycles. The van der Waals surface area contributed by atoms with Gasteiger partial charge in [-0.2, -0.15) is 5.10 Å². The van der Waals surface area contributed by atoms with Gasteiger partial charge in [-0.25, -0.2) is 4.68 Å². The topological polar surface area (TPSA) is 60.9 Å². The summed E-state index contributed by atoms with van der Waals surface area (Å²) >= 11 is 1.60. The summed E-state index contributed by atoms with van der Waals surface area (Å²) in [7, 11) is 0. The highest BCUT2D eigenvalue weighted by Gasteiger charge is 2.21. The Morgan fingerprint density at radius 2 is 2.22 bits per heavy atom. The van der Waals surface area contributed by atoms with Crippen LogP contribution in [0.3, 0.4) is 0 Å². The fraction of sp³-hybridized carbons (Fsp3) is 0.385. The van der Waals surface area contributed by atoms with Gasteiger partial charge in [-0.05, 0) is 38.3 Å². The number of aromatic nitrogens is 2. The fourth-order valence-corrected chi connectivity index (χ4v) is 2.44. The first-order valence-electron chi connectivity index (χ1n) is 5.89. The number of aryl methyl sites for hydroxylation is 1. The van der Waals surface area contributed by atoms with Crippen LogP contribution in [0.4, 0.5) is 0 Å². The van der Waals surface area contributed by atoms with Gasteiger partial charge in [0.1, 0.15) is 5.69 Å². The molecule has 0 atom stereocenters. The average molecular weight is 263 g/mol. The standard InChI is InChI=1S/C13H17N3OS/c1-4-16-12(17)9(13(2,3)14)8-10(15-16)11-6-5-7-18-11/h5-8H,4,14H2,1-3H3. The molecule has 2 N–H and O–H groups in total. The molecule has 0 saturated heterocycles. The highest BCUT2D eigenvalue weighted by Crippen LogP contribution is 2.24. The minimum Gasteiger partial charge on any atom is -0.322 e. The zero-order chi connectivity index (χ0) is 13.3. The number of thiophene rings is 1. The summed E-state index contributed by atoms with van der Waals surface area (Å²) in [6.07, 6.45) is 0. The molecule has 0 aliphatic rings. The molecular formula is C13H17N3OS. The molecule has 0 aliphatic carbocycles. The first-order chi connectivity index (χ1) is 8.43. The van der Waals surface area contributed by atoms with Crippen LogP contribution < -0.4 is 11.3 Å². The first-order valence-corrected chi connectivity index (χ1v) is 6.77. The maximum Gasteiger partial charge on any atom is 0.271 e. The molecule has 2 aromatic rings. The summed E-state index contributed by atoms with van der Waals surface area (Å²) in [6, 6.07) is 5.77. The van der Waals surface area contributed by atoms with Crippen molar-refractivity contribution >= 4 is 11.3 Å². The maximum absolute atomic E-state index is 12.2. The number of hydrogen-bond acceptors (Lipinski definition) is 4. The molecule has 0 saturated carbocycles. The molecule has 0 aliphatic heterocycles. The molecule has 0 unspecified atom stereocenters. The Morgan fingerprint density at radius 3 is 2.72 bits per heavy atom. The summed E-state index contributed by atoms with van der Waals surface area (Å²) in [4.78, 5) is 13.2. The van der Waals surface area contributed by atoms with Crippen molar-refractivity contribution in [3.05, 3.63) is 39.5 Å². The second-order valence-electron chi connectivity index (χ2n) is 4.76. The Bertz CT molecular complexity index is 594. The third-order valence-electron chi connectivity index (χ3n) is 2.74. The van der Waals surface area contributed by atoms with Gasteiger partial charge in [-0.3, -0.25) is 4.79 Å². The van der Waals surface area contributed by atoms with Crippen molar-refractivity contribution in [1.29, 1.82) is 0 Å². The third kappa shape index (κ3) is 2.37. The van der Waals surface area contributed by atoms with Crippen molar-refractivity contribution in [3.63, 3.8) is 0 Å². The molecule has 5 heteroatoms. The second-order valence-corrected chi connectivity index (χ2v) is 5.71. The first kappa shape index (κ1) is 13.0. The van der Waals surface area contributed by atoms with E-state index in [2.05, 4.69) is 5.10 Å². The quantitative estimate of drug-likeness (QED) is 0.923. The Hall–Kier alpha value is -1.46. The fourth-order valence-electron chi connectivity index (χ4n) is 1.76. The monoisotopic (exact) mass is 263 g/mol. The van der Waals surface area contributed by atoms with Crippen LogP contribution >= 0.6 is 11.3 Å². The summed E-state index contributed by atoms with van der Waals surface area (Å²) in [5, 5.41) is 6.36. The molecule has 0 bridgehead atoms. The Balaban J connectivity index is 2.68. The summed E-state index contributed by atoms with van der Waals surface area (Å²) in [5.41, 5.74) is 6.70. The van der Waals surface area contributed by atoms with E-state index in [4.69, 9.17) is 5.73 Å². The normalized spacial score (nSPS) is 11.8. The van der Waals surface area contributed by atoms with Gasteiger partial charge in [-0.15, -0.1) is 11.3 Å². The van der Waals surface area contributed by atoms with Gasteiger partial charge in [-0.1, -0.05) is 6.07 Å². The van der Waals surface area contributed by atoms with E-state index >= 15 is 0 Å². The van der Waals surface area contributed by atoms with E-state index in [9.17, 15) is 4.79 Å². The van der Waals surface area contributed by atoms with Gasteiger partial charge in [0, 0.05) is 17.6 Å². The van der Waals surface area contributed by atoms with Crippen molar-refractivity contribution in [3.8, 4) is 10.6 Å². The lowest BCUT2D eigenvalue weighted by Gasteiger charge is -2.19. The van der Waals surface area contributed by atoms with Gasteiger partial charge < -0.3 is 5.73 Å². The van der Waals surface area contributed by atoms with Gasteiger partial charge >= 0.3 is 0 Å². The Morgan fingerprint density at radius 1 is 1.50 bits per heavy atom. The number of nitrogens with two attached hydrogens (primary N) is 1. The molecule has 0 amide bonds. The SMILES string of the molecule is CCn1nc(-c2cccs2)cc(C(C)(C)N)c1=O. The zero-order valence-electron chi connectivity index (χ0n) is 10.8. The number of rotatable bonds is 3. The lowest BCUT2D eigenvalue weighted by Crippen LogP contribution is -2.39. The van der Waals surface area contributed by atoms with Gasteiger partial charge in [0.15, 0.2) is 0 Å². The predicted octanol–water partition coefficient (Wildman–Crippen LogP) is 2.19. The Labute approximate surface area is 110 Å². The molecule has 18 heavy (non-hydrogen) atoms. The maximum atomic E-state index is 12.2. The van der Waals surface area contributed by atoms with Gasteiger partial charge in [0.05, 0.1) is 4.88 Å². The van der Waals surface area contributed by atoms with E-state index in [1.165, 1.54) is 4.68 Å². The van der Waals surface area contributed by atoms with Gasteiger partial charge in [0.25, 0.3) is 5.56 Å². The van der Waals surface area contributed by atoms with E-state index in [1.54, 1.807) is 17.4 Å². The molecule has 0 fully saturated rings. The van der Waals surface area contributed by atoms with Crippen LogP contribution in [0.5, 0.6) is 0 Å².